The molecule has 0 bridgehead atoms. The van der Waals surface area contributed by atoms with Gasteiger partial charge in [-0.1, -0.05) is 34.1 Å². The lowest BCUT2D eigenvalue weighted by atomic mass is 10.2. The van der Waals surface area contributed by atoms with Crippen molar-refractivity contribution in [1.29, 1.82) is 0 Å². The SMILES string of the molecule is O=C(Oc1cccc(C=Nc2ccc(N3CCOCC3)cc2)c1)c1cccc(Br)c1. The predicted molar refractivity (Wildman–Crippen MR) is 122 cm³/mol. The summed E-state index contributed by atoms with van der Waals surface area (Å²) in [6.07, 6.45) is 1.76. The van der Waals surface area contributed by atoms with Crippen molar-refractivity contribution in [1.82, 2.24) is 0 Å². The van der Waals surface area contributed by atoms with Crippen LogP contribution in [0, 0.1) is 0 Å². The molecule has 0 radical (unpaired) electrons. The summed E-state index contributed by atoms with van der Waals surface area (Å²) in [5.41, 5.74) is 3.39. The molecule has 0 aliphatic carbocycles. The Morgan fingerprint density at radius 1 is 1.00 bits per heavy atom. The van der Waals surface area contributed by atoms with Gasteiger partial charge in [0.05, 0.1) is 24.5 Å². The Labute approximate surface area is 184 Å². The molecule has 6 heteroatoms. The number of halogens is 1. The van der Waals surface area contributed by atoms with Crippen molar-refractivity contribution in [2.45, 2.75) is 0 Å². The average molecular weight is 465 g/mol. The largest absolute Gasteiger partial charge is 0.423 e. The highest BCUT2D eigenvalue weighted by Crippen LogP contribution is 2.21. The van der Waals surface area contributed by atoms with Gasteiger partial charge < -0.3 is 14.4 Å². The van der Waals surface area contributed by atoms with Gasteiger partial charge in [0.25, 0.3) is 0 Å². The van der Waals surface area contributed by atoms with Gasteiger partial charge in [-0.05, 0) is 60.2 Å². The standard InChI is InChI=1S/C24H21BrN2O3/c25-20-5-2-4-19(16-20)24(28)30-23-6-1-3-18(15-23)17-26-21-7-9-22(10-8-21)27-11-13-29-14-12-27/h1-10,15-17H,11-14H2. The number of aliphatic imine (C=N–C) groups is 1. The number of carbonyl (C=O) groups excluding carboxylic acids is 1. The Hall–Kier alpha value is -2.96. The van der Waals surface area contributed by atoms with Crippen LogP contribution in [0.5, 0.6) is 5.75 Å². The van der Waals surface area contributed by atoms with Crippen LogP contribution < -0.4 is 9.64 Å². The van der Waals surface area contributed by atoms with Gasteiger partial charge in [-0.2, -0.15) is 0 Å². The minimum atomic E-state index is -0.399. The van der Waals surface area contributed by atoms with E-state index in [1.165, 1.54) is 5.69 Å². The molecule has 0 spiro atoms. The monoisotopic (exact) mass is 464 g/mol. The molecule has 3 aromatic carbocycles. The Morgan fingerprint density at radius 2 is 1.77 bits per heavy atom. The van der Waals surface area contributed by atoms with Crippen molar-refractivity contribution in [2.24, 2.45) is 4.99 Å². The van der Waals surface area contributed by atoms with Gasteiger partial charge in [0.2, 0.25) is 0 Å². The van der Waals surface area contributed by atoms with E-state index >= 15 is 0 Å². The first-order valence-electron chi connectivity index (χ1n) is 9.72. The fraction of sp³-hybridized carbons (Fsp3) is 0.167. The van der Waals surface area contributed by atoms with E-state index in [1.807, 2.05) is 30.3 Å². The molecule has 4 rings (SSSR count). The summed E-state index contributed by atoms with van der Waals surface area (Å²) in [4.78, 5) is 19.2. The van der Waals surface area contributed by atoms with Crippen LogP contribution in [0.2, 0.25) is 0 Å². The summed E-state index contributed by atoms with van der Waals surface area (Å²) in [7, 11) is 0. The first-order chi connectivity index (χ1) is 14.7. The van der Waals surface area contributed by atoms with E-state index in [1.54, 1.807) is 36.5 Å². The number of hydrogen-bond acceptors (Lipinski definition) is 5. The number of hydrogen-bond donors (Lipinski definition) is 0. The molecule has 5 nitrogen and oxygen atoms in total. The van der Waals surface area contributed by atoms with Crippen LogP contribution in [0.3, 0.4) is 0 Å². The highest BCUT2D eigenvalue weighted by Gasteiger charge is 2.11. The third kappa shape index (κ3) is 5.34. The quantitative estimate of drug-likeness (QED) is 0.293. The van der Waals surface area contributed by atoms with E-state index in [-0.39, 0.29) is 0 Å². The van der Waals surface area contributed by atoms with Crippen LogP contribution in [0.15, 0.2) is 82.3 Å². The molecule has 1 aliphatic heterocycles. The van der Waals surface area contributed by atoms with Crippen molar-refractivity contribution in [3.05, 3.63) is 88.4 Å². The van der Waals surface area contributed by atoms with Gasteiger partial charge in [0.1, 0.15) is 5.75 Å². The minimum absolute atomic E-state index is 0.399. The summed E-state index contributed by atoms with van der Waals surface area (Å²) < 4.78 is 11.7. The average Bonchev–Trinajstić information content (AvgIpc) is 2.79. The molecule has 0 amide bonds. The smallest absolute Gasteiger partial charge is 0.343 e. The molecule has 0 atom stereocenters. The van der Waals surface area contributed by atoms with Gasteiger partial charge in [-0.15, -0.1) is 0 Å². The number of carbonyl (C=O) groups is 1. The van der Waals surface area contributed by atoms with Crippen LogP contribution in [-0.2, 0) is 4.74 Å². The first kappa shape index (κ1) is 20.3. The zero-order chi connectivity index (χ0) is 20.8. The maximum atomic E-state index is 12.3. The molecule has 0 aromatic heterocycles. The van der Waals surface area contributed by atoms with Gasteiger partial charge >= 0.3 is 5.97 Å². The topological polar surface area (TPSA) is 51.1 Å². The van der Waals surface area contributed by atoms with Crippen LogP contribution >= 0.6 is 15.9 Å². The maximum Gasteiger partial charge on any atom is 0.343 e. The van der Waals surface area contributed by atoms with Crippen LogP contribution in [0.4, 0.5) is 11.4 Å². The number of esters is 1. The highest BCUT2D eigenvalue weighted by molar-refractivity contribution is 9.10. The Morgan fingerprint density at radius 3 is 2.53 bits per heavy atom. The van der Waals surface area contributed by atoms with Gasteiger partial charge in [0, 0.05) is 29.5 Å². The number of rotatable bonds is 5. The van der Waals surface area contributed by atoms with Crippen molar-refractivity contribution >= 4 is 39.5 Å². The number of ether oxygens (including phenoxy) is 2. The summed E-state index contributed by atoms with van der Waals surface area (Å²) in [5.74, 6) is 0.0793. The summed E-state index contributed by atoms with van der Waals surface area (Å²) in [5, 5.41) is 0. The Bertz CT molecular complexity index is 1040. The van der Waals surface area contributed by atoms with Crippen molar-refractivity contribution in [3.8, 4) is 5.75 Å². The van der Waals surface area contributed by atoms with E-state index in [9.17, 15) is 4.79 Å². The molecule has 1 heterocycles. The predicted octanol–water partition coefficient (Wildman–Crippen LogP) is 5.26. The van der Waals surface area contributed by atoms with Crippen LogP contribution in [-0.4, -0.2) is 38.5 Å². The number of anilines is 1. The Balaban J connectivity index is 1.41. The number of nitrogens with zero attached hydrogens (tertiary/aromatic N) is 2. The van der Waals surface area contributed by atoms with Gasteiger partial charge in [-0.25, -0.2) is 4.79 Å². The molecule has 0 unspecified atom stereocenters. The fourth-order valence-electron chi connectivity index (χ4n) is 3.16. The lowest BCUT2D eigenvalue weighted by Crippen LogP contribution is -2.36. The van der Waals surface area contributed by atoms with Crippen LogP contribution in [0.25, 0.3) is 0 Å². The first-order valence-corrected chi connectivity index (χ1v) is 10.5. The molecular formula is C24H21BrN2O3. The maximum absolute atomic E-state index is 12.3. The zero-order valence-electron chi connectivity index (χ0n) is 16.3. The lowest BCUT2D eigenvalue weighted by Gasteiger charge is -2.28. The Kier molecular flexibility index (Phi) is 6.57. The lowest BCUT2D eigenvalue weighted by molar-refractivity contribution is 0.0734. The van der Waals surface area contributed by atoms with Gasteiger partial charge in [-0.3, -0.25) is 4.99 Å². The second kappa shape index (κ2) is 9.69. The van der Waals surface area contributed by atoms with E-state index in [2.05, 4.69) is 38.0 Å². The fourth-order valence-corrected chi connectivity index (χ4v) is 3.56. The van der Waals surface area contributed by atoms with E-state index < -0.39 is 5.97 Å². The molecule has 30 heavy (non-hydrogen) atoms. The molecule has 3 aromatic rings. The molecule has 1 fully saturated rings. The van der Waals surface area contributed by atoms with Gasteiger partial charge in [0.15, 0.2) is 0 Å². The normalized spacial score (nSPS) is 14.1. The van der Waals surface area contributed by atoms with Crippen molar-refractivity contribution in [2.75, 3.05) is 31.2 Å². The zero-order valence-corrected chi connectivity index (χ0v) is 17.9. The third-order valence-electron chi connectivity index (χ3n) is 4.72. The highest BCUT2D eigenvalue weighted by atomic mass is 79.9. The second-order valence-electron chi connectivity index (χ2n) is 6.85. The summed E-state index contributed by atoms with van der Waals surface area (Å²) in [6, 6.07) is 22.6. The summed E-state index contributed by atoms with van der Waals surface area (Å²) >= 11 is 3.36. The number of morpholine rings is 1. The molecule has 1 aliphatic rings. The van der Waals surface area contributed by atoms with E-state index in [0.717, 1.165) is 42.0 Å². The second-order valence-corrected chi connectivity index (χ2v) is 7.76. The molecular weight excluding hydrogens is 444 g/mol. The van der Waals surface area contributed by atoms with E-state index in [0.29, 0.717) is 11.3 Å². The molecule has 152 valence electrons. The molecule has 0 saturated carbocycles. The number of benzene rings is 3. The van der Waals surface area contributed by atoms with Crippen LogP contribution in [0.1, 0.15) is 15.9 Å². The molecule has 0 N–H and O–H groups in total. The van der Waals surface area contributed by atoms with E-state index in [4.69, 9.17) is 9.47 Å². The molecule has 1 saturated heterocycles. The minimum Gasteiger partial charge on any atom is -0.423 e. The summed E-state index contributed by atoms with van der Waals surface area (Å²) in [6.45, 7) is 3.35. The van der Waals surface area contributed by atoms with Crippen molar-refractivity contribution in [3.63, 3.8) is 0 Å². The third-order valence-corrected chi connectivity index (χ3v) is 5.21. The van der Waals surface area contributed by atoms with Crippen molar-refractivity contribution < 1.29 is 14.3 Å².